The van der Waals surface area contributed by atoms with Crippen LogP contribution in [-0.2, 0) is 16.6 Å². The number of nitrogens with zero attached hydrogens (tertiary/aromatic N) is 3. The largest absolute Gasteiger partial charge is 0.356 e. The molecule has 0 aromatic heterocycles. The van der Waals surface area contributed by atoms with Crippen LogP contribution in [-0.4, -0.2) is 69.4 Å². The van der Waals surface area contributed by atoms with Crippen molar-refractivity contribution in [1.29, 1.82) is 0 Å². The number of aliphatic imine (C=N–C) groups is 1. The Morgan fingerprint density at radius 1 is 1.03 bits per heavy atom. The van der Waals surface area contributed by atoms with E-state index in [2.05, 4.69) is 27.4 Å². The van der Waals surface area contributed by atoms with Crippen LogP contribution in [0.5, 0.6) is 0 Å². The molecule has 1 unspecified atom stereocenters. The molecular weight excluding hydrogens is 410 g/mol. The van der Waals surface area contributed by atoms with Crippen LogP contribution in [0.1, 0.15) is 57.4 Å². The van der Waals surface area contributed by atoms with Gasteiger partial charge in [-0.2, -0.15) is 4.31 Å². The van der Waals surface area contributed by atoms with E-state index in [-0.39, 0.29) is 0 Å². The normalized spacial score (nSPS) is 21.7. The zero-order valence-corrected chi connectivity index (χ0v) is 20.0. The molecular formula is C23H39N5O2S. The highest BCUT2D eigenvalue weighted by Gasteiger charge is 2.25. The number of hydrogen-bond acceptors (Lipinski definition) is 4. The molecule has 2 saturated heterocycles. The second kappa shape index (κ2) is 11.8. The van der Waals surface area contributed by atoms with Crippen LogP contribution in [0.15, 0.2) is 34.2 Å². The molecule has 0 spiro atoms. The van der Waals surface area contributed by atoms with Gasteiger partial charge in [-0.1, -0.05) is 25.0 Å². The first-order valence-corrected chi connectivity index (χ1v) is 13.2. The third-order valence-corrected chi connectivity index (χ3v) is 8.33. The molecule has 0 bridgehead atoms. The Hall–Kier alpha value is -1.64. The first kappa shape index (κ1) is 24.0. The van der Waals surface area contributed by atoms with Gasteiger partial charge >= 0.3 is 0 Å². The molecule has 1 aromatic rings. The number of guanidine groups is 1. The summed E-state index contributed by atoms with van der Waals surface area (Å²) in [5, 5.41) is 6.70. The van der Waals surface area contributed by atoms with E-state index in [0.717, 1.165) is 50.3 Å². The summed E-state index contributed by atoms with van der Waals surface area (Å²) in [6, 6.07) is 7.91. The van der Waals surface area contributed by atoms with Gasteiger partial charge < -0.3 is 15.5 Å². The Balaban J connectivity index is 1.42. The van der Waals surface area contributed by atoms with Crippen LogP contribution in [0, 0.1) is 0 Å². The lowest BCUT2D eigenvalue weighted by molar-refractivity contribution is 0.159. The van der Waals surface area contributed by atoms with Crippen LogP contribution in [0.25, 0.3) is 0 Å². The van der Waals surface area contributed by atoms with Crippen molar-refractivity contribution in [3.8, 4) is 0 Å². The summed E-state index contributed by atoms with van der Waals surface area (Å²) in [6.07, 6.45) is 8.10. The molecule has 2 aliphatic heterocycles. The molecule has 2 N–H and O–H groups in total. The van der Waals surface area contributed by atoms with Gasteiger partial charge in [0.15, 0.2) is 5.96 Å². The minimum absolute atomic E-state index is 0.382. The zero-order valence-electron chi connectivity index (χ0n) is 19.1. The molecule has 0 radical (unpaired) electrons. The first-order chi connectivity index (χ1) is 15.0. The summed E-state index contributed by atoms with van der Waals surface area (Å²) in [4.78, 5) is 7.26. The van der Waals surface area contributed by atoms with Crippen LogP contribution in [0.4, 0.5) is 0 Å². The van der Waals surface area contributed by atoms with Gasteiger partial charge in [0.1, 0.15) is 0 Å². The van der Waals surface area contributed by atoms with E-state index in [1.807, 2.05) is 12.1 Å². The number of piperidine rings is 2. The van der Waals surface area contributed by atoms with Crippen molar-refractivity contribution in [3.63, 3.8) is 0 Å². The maximum Gasteiger partial charge on any atom is 0.243 e. The van der Waals surface area contributed by atoms with Crippen molar-refractivity contribution >= 4 is 16.0 Å². The molecule has 2 heterocycles. The van der Waals surface area contributed by atoms with Gasteiger partial charge in [0.25, 0.3) is 0 Å². The smallest absolute Gasteiger partial charge is 0.243 e. The van der Waals surface area contributed by atoms with E-state index in [9.17, 15) is 8.42 Å². The lowest BCUT2D eigenvalue weighted by atomic mass is 10.0. The fraction of sp³-hybridized carbons (Fsp3) is 0.696. The number of sulfonamides is 1. The third kappa shape index (κ3) is 6.92. The van der Waals surface area contributed by atoms with Gasteiger partial charge in [-0.3, -0.25) is 4.99 Å². The number of nitrogens with one attached hydrogen (secondary N) is 2. The van der Waals surface area contributed by atoms with Gasteiger partial charge in [-0.25, -0.2) is 8.42 Å². The molecule has 7 nitrogen and oxygen atoms in total. The predicted octanol–water partition coefficient (Wildman–Crippen LogP) is 2.79. The summed E-state index contributed by atoms with van der Waals surface area (Å²) >= 11 is 0. The molecule has 0 aliphatic carbocycles. The van der Waals surface area contributed by atoms with Crippen LogP contribution >= 0.6 is 0 Å². The Kier molecular flexibility index (Phi) is 9.16. The van der Waals surface area contributed by atoms with Crippen LogP contribution < -0.4 is 10.6 Å². The first-order valence-electron chi connectivity index (χ1n) is 11.8. The van der Waals surface area contributed by atoms with E-state index in [0.29, 0.717) is 30.6 Å². The lowest BCUT2D eigenvalue weighted by Gasteiger charge is -2.33. The Labute approximate surface area is 188 Å². The van der Waals surface area contributed by atoms with Crippen LogP contribution in [0.3, 0.4) is 0 Å². The minimum atomic E-state index is -3.37. The molecule has 2 aliphatic rings. The molecule has 2 fully saturated rings. The van der Waals surface area contributed by atoms with Gasteiger partial charge in [0, 0.05) is 45.8 Å². The molecule has 1 atom stereocenters. The molecule has 0 saturated carbocycles. The summed E-state index contributed by atoms with van der Waals surface area (Å²) in [5.41, 5.74) is 1.03. The van der Waals surface area contributed by atoms with E-state index >= 15 is 0 Å². The standard InChI is InChI=1S/C23H39N5O2S/c1-20-9-4-7-15-27(20)16-8-14-25-23(24-2)26-19-21-10-12-22(13-11-21)31(29,30)28-17-5-3-6-18-28/h10-13,20H,3-9,14-19H2,1-2H3,(H2,24,25,26). The van der Waals surface area contributed by atoms with E-state index < -0.39 is 10.0 Å². The van der Waals surface area contributed by atoms with Crippen molar-refractivity contribution in [2.75, 3.05) is 39.8 Å². The average molecular weight is 450 g/mol. The van der Waals surface area contributed by atoms with Crippen molar-refractivity contribution in [2.24, 2.45) is 4.99 Å². The van der Waals surface area contributed by atoms with E-state index in [1.165, 1.54) is 25.8 Å². The molecule has 8 heteroatoms. The van der Waals surface area contributed by atoms with E-state index in [1.54, 1.807) is 23.5 Å². The molecule has 3 rings (SSSR count). The quantitative estimate of drug-likeness (QED) is 0.363. The summed E-state index contributed by atoms with van der Waals surface area (Å²) in [6.45, 7) is 7.42. The lowest BCUT2D eigenvalue weighted by Crippen LogP contribution is -2.41. The van der Waals surface area contributed by atoms with Gasteiger partial charge in [0.05, 0.1) is 4.90 Å². The van der Waals surface area contributed by atoms with Crippen molar-refractivity contribution in [1.82, 2.24) is 19.8 Å². The van der Waals surface area contributed by atoms with Crippen molar-refractivity contribution < 1.29 is 8.42 Å². The van der Waals surface area contributed by atoms with E-state index in [4.69, 9.17) is 0 Å². The third-order valence-electron chi connectivity index (χ3n) is 6.41. The minimum Gasteiger partial charge on any atom is -0.356 e. The summed E-state index contributed by atoms with van der Waals surface area (Å²) in [5.74, 6) is 0.775. The fourth-order valence-corrected chi connectivity index (χ4v) is 5.94. The predicted molar refractivity (Wildman–Crippen MR) is 127 cm³/mol. The van der Waals surface area contributed by atoms with Gasteiger partial charge in [-0.05, 0) is 63.3 Å². The zero-order chi connectivity index (χ0) is 22.1. The highest BCUT2D eigenvalue weighted by atomic mass is 32.2. The molecule has 1 aromatic carbocycles. The maximum atomic E-state index is 12.8. The fourth-order valence-electron chi connectivity index (χ4n) is 4.42. The van der Waals surface area contributed by atoms with Crippen molar-refractivity contribution in [2.45, 2.75) is 69.4 Å². The second-order valence-electron chi connectivity index (χ2n) is 8.70. The number of rotatable bonds is 8. The van der Waals surface area contributed by atoms with Crippen LogP contribution in [0.2, 0.25) is 0 Å². The number of hydrogen-bond donors (Lipinski definition) is 2. The molecule has 0 amide bonds. The Morgan fingerprint density at radius 2 is 1.74 bits per heavy atom. The highest BCUT2D eigenvalue weighted by molar-refractivity contribution is 7.89. The SMILES string of the molecule is CN=C(NCCCN1CCCCC1C)NCc1ccc(S(=O)(=O)N2CCCCC2)cc1. The van der Waals surface area contributed by atoms with Gasteiger partial charge in [-0.15, -0.1) is 0 Å². The molecule has 31 heavy (non-hydrogen) atoms. The number of benzene rings is 1. The summed E-state index contributed by atoms with van der Waals surface area (Å²) in [7, 11) is -1.60. The van der Waals surface area contributed by atoms with Gasteiger partial charge in [0.2, 0.25) is 10.0 Å². The Bertz CT molecular complexity index is 804. The highest BCUT2D eigenvalue weighted by Crippen LogP contribution is 2.21. The Morgan fingerprint density at radius 3 is 2.42 bits per heavy atom. The average Bonchev–Trinajstić information content (AvgIpc) is 2.80. The second-order valence-corrected chi connectivity index (χ2v) is 10.6. The number of likely N-dealkylation sites (tertiary alicyclic amines) is 1. The topological polar surface area (TPSA) is 77.0 Å². The molecule has 174 valence electrons. The monoisotopic (exact) mass is 449 g/mol. The summed E-state index contributed by atoms with van der Waals surface area (Å²) < 4.78 is 27.2. The maximum absolute atomic E-state index is 12.8. The van der Waals surface area contributed by atoms with Crippen molar-refractivity contribution in [3.05, 3.63) is 29.8 Å².